The average Bonchev–Trinajstić information content (AvgIpc) is 1.77. The van der Waals surface area contributed by atoms with Gasteiger partial charge in [-0.25, -0.2) is 4.99 Å². The Morgan fingerprint density at radius 1 is 1.38 bits per heavy atom. The lowest BCUT2D eigenvalue weighted by Gasteiger charge is -2.12. The molecular formula is C6H10N2. The van der Waals surface area contributed by atoms with Crippen LogP contribution in [0.3, 0.4) is 0 Å². The fourth-order valence-electron chi connectivity index (χ4n) is 0.578. The molecular weight excluding hydrogens is 100 g/mol. The predicted octanol–water partition coefficient (Wildman–Crippen LogP) is 1.12. The lowest BCUT2D eigenvalue weighted by atomic mass is 10.1. The zero-order valence-corrected chi connectivity index (χ0v) is 5.20. The Morgan fingerprint density at radius 3 is 2.50 bits per heavy atom. The van der Waals surface area contributed by atoms with Gasteiger partial charge in [0.2, 0.25) is 0 Å². The van der Waals surface area contributed by atoms with Crippen LogP contribution in [-0.2, 0) is 0 Å². The highest BCUT2D eigenvalue weighted by Gasteiger charge is 2.08. The molecule has 0 aromatic rings. The van der Waals surface area contributed by atoms with Crippen LogP contribution < -0.4 is 0 Å². The van der Waals surface area contributed by atoms with Crippen molar-refractivity contribution in [3.05, 3.63) is 0 Å². The Hall–Kier alpha value is -0.660. The Labute approximate surface area is 49.3 Å². The van der Waals surface area contributed by atoms with Gasteiger partial charge in [-0.05, 0) is 6.92 Å². The maximum absolute atomic E-state index is 4.09. The van der Waals surface area contributed by atoms with Gasteiger partial charge in [0.05, 0.1) is 6.04 Å². The molecule has 1 aliphatic rings. The quantitative estimate of drug-likeness (QED) is 0.446. The lowest BCUT2D eigenvalue weighted by Crippen LogP contribution is -2.15. The molecule has 2 unspecified atom stereocenters. The third-order valence-corrected chi connectivity index (χ3v) is 1.45. The van der Waals surface area contributed by atoms with Crippen LogP contribution >= 0.6 is 0 Å². The van der Waals surface area contributed by atoms with Gasteiger partial charge in [-0.15, -0.1) is 0 Å². The first-order chi connectivity index (χ1) is 3.80. The van der Waals surface area contributed by atoms with Crippen molar-refractivity contribution in [2.24, 2.45) is 15.9 Å². The fraction of sp³-hybridized carbons (Fsp3) is 0.667. The zero-order chi connectivity index (χ0) is 5.98. The summed E-state index contributed by atoms with van der Waals surface area (Å²) in [4.78, 5) is 7.98. The molecule has 0 aromatic carbocycles. The summed E-state index contributed by atoms with van der Waals surface area (Å²) in [5.41, 5.74) is 0. The minimum absolute atomic E-state index is 0.424. The van der Waals surface area contributed by atoms with Crippen molar-refractivity contribution in [3.63, 3.8) is 0 Å². The topological polar surface area (TPSA) is 24.7 Å². The fourth-order valence-corrected chi connectivity index (χ4v) is 0.578. The zero-order valence-electron chi connectivity index (χ0n) is 5.20. The minimum atomic E-state index is 0.424. The van der Waals surface area contributed by atoms with Crippen molar-refractivity contribution in [2.45, 2.75) is 19.9 Å². The van der Waals surface area contributed by atoms with E-state index in [0.29, 0.717) is 12.0 Å². The van der Waals surface area contributed by atoms with Crippen LogP contribution in [0.2, 0.25) is 0 Å². The molecule has 0 N–H and O–H groups in total. The van der Waals surface area contributed by atoms with Gasteiger partial charge >= 0.3 is 0 Å². The number of hydrogen-bond acceptors (Lipinski definition) is 2. The number of nitrogens with zero attached hydrogens (tertiary/aromatic N) is 2. The molecule has 0 fully saturated rings. The normalized spacial score (nSPS) is 35.8. The van der Waals surface area contributed by atoms with Crippen LogP contribution in [0.1, 0.15) is 13.8 Å². The van der Waals surface area contributed by atoms with Crippen LogP contribution in [0, 0.1) is 5.92 Å². The van der Waals surface area contributed by atoms with Crippen LogP contribution in [0.4, 0.5) is 0 Å². The van der Waals surface area contributed by atoms with E-state index in [-0.39, 0.29) is 0 Å². The van der Waals surface area contributed by atoms with E-state index in [0.717, 1.165) is 0 Å². The van der Waals surface area contributed by atoms with E-state index < -0.39 is 0 Å². The van der Waals surface area contributed by atoms with Crippen molar-refractivity contribution in [3.8, 4) is 0 Å². The molecule has 0 spiro atoms. The number of aliphatic imine (C=N–C) groups is 2. The second-order valence-electron chi connectivity index (χ2n) is 2.16. The summed E-state index contributed by atoms with van der Waals surface area (Å²) in [5, 5.41) is 0. The van der Waals surface area contributed by atoms with Crippen molar-refractivity contribution in [2.75, 3.05) is 0 Å². The third kappa shape index (κ3) is 0.941. The molecule has 0 aromatic heterocycles. The first-order valence-corrected chi connectivity index (χ1v) is 2.85. The van der Waals surface area contributed by atoms with E-state index in [1.165, 1.54) is 0 Å². The summed E-state index contributed by atoms with van der Waals surface area (Å²) in [6.07, 6.45) is 3.54. The molecule has 0 bridgehead atoms. The number of hydrogen-bond donors (Lipinski definition) is 0. The van der Waals surface area contributed by atoms with Crippen molar-refractivity contribution < 1.29 is 0 Å². The highest BCUT2D eigenvalue weighted by molar-refractivity contribution is 5.76. The Kier molecular flexibility index (Phi) is 1.42. The monoisotopic (exact) mass is 110 g/mol. The van der Waals surface area contributed by atoms with Crippen LogP contribution in [0.5, 0.6) is 0 Å². The molecule has 0 amide bonds. The molecule has 1 rings (SSSR count). The highest BCUT2D eigenvalue weighted by Crippen LogP contribution is 2.05. The standard InChI is InChI=1S/C6H10N2/c1-5-3-7-4-8-6(5)2/h3-6H,1-2H3. The predicted molar refractivity (Wildman–Crippen MR) is 35.6 cm³/mol. The summed E-state index contributed by atoms with van der Waals surface area (Å²) in [6.45, 7) is 4.21. The summed E-state index contributed by atoms with van der Waals surface area (Å²) in [6, 6.07) is 0.424. The van der Waals surface area contributed by atoms with Gasteiger partial charge in [0.15, 0.2) is 0 Å². The summed E-state index contributed by atoms with van der Waals surface area (Å²) in [7, 11) is 0. The molecule has 2 heteroatoms. The van der Waals surface area contributed by atoms with Crippen LogP contribution in [0.15, 0.2) is 9.98 Å². The lowest BCUT2D eigenvalue weighted by molar-refractivity contribution is 0.620. The number of rotatable bonds is 0. The largest absolute Gasteiger partial charge is 0.270 e. The van der Waals surface area contributed by atoms with Gasteiger partial charge < -0.3 is 0 Å². The van der Waals surface area contributed by atoms with Gasteiger partial charge in [-0.3, -0.25) is 4.99 Å². The second kappa shape index (κ2) is 2.07. The summed E-state index contributed by atoms with van der Waals surface area (Å²) >= 11 is 0. The van der Waals surface area contributed by atoms with E-state index in [9.17, 15) is 0 Å². The highest BCUT2D eigenvalue weighted by atomic mass is 14.9. The van der Waals surface area contributed by atoms with Gasteiger partial charge in [-0.2, -0.15) is 0 Å². The van der Waals surface area contributed by atoms with Crippen molar-refractivity contribution >= 4 is 12.6 Å². The summed E-state index contributed by atoms with van der Waals surface area (Å²) in [5.74, 6) is 0.514. The molecule has 0 saturated carbocycles. The first kappa shape index (κ1) is 5.48. The van der Waals surface area contributed by atoms with Gasteiger partial charge in [-0.1, -0.05) is 6.92 Å². The molecule has 2 nitrogen and oxygen atoms in total. The molecule has 1 aliphatic heterocycles. The molecule has 0 saturated heterocycles. The molecule has 44 valence electrons. The first-order valence-electron chi connectivity index (χ1n) is 2.85. The Morgan fingerprint density at radius 2 is 2.12 bits per heavy atom. The van der Waals surface area contributed by atoms with Crippen molar-refractivity contribution in [1.29, 1.82) is 0 Å². The SMILES string of the molecule is CC1C=NC=NC1C. The summed E-state index contributed by atoms with van der Waals surface area (Å²) < 4.78 is 0. The average molecular weight is 110 g/mol. The minimum Gasteiger partial charge on any atom is -0.270 e. The van der Waals surface area contributed by atoms with E-state index in [1.807, 2.05) is 6.21 Å². The van der Waals surface area contributed by atoms with Crippen LogP contribution in [-0.4, -0.2) is 18.6 Å². The maximum Gasteiger partial charge on any atom is 0.109 e. The van der Waals surface area contributed by atoms with E-state index in [2.05, 4.69) is 23.8 Å². The smallest absolute Gasteiger partial charge is 0.109 e. The third-order valence-electron chi connectivity index (χ3n) is 1.45. The van der Waals surface area contributed by atoms with E-state index >= 15 is 0 Å². The Bertz CT molecular complexity index is 110. The van der Waals surface area contributed by atoms with Gasteiger partial charge in [0.1, 0.15) is 6.34 Å². The van der Waals surface area contributed by atoms with Crippen LogP contribution in [0.25, 0.3) is 0 Å². The molecule has 2 atom stereocenters. The molecule has 1 heterocycles. The van der Waals surface area contributed by atoms with Gasteiger partial charge in [0.25, 0.3) is 0 Å². The Balaban J connectivity index is 2.59. The van der Waals surface area contributed by atoms with E-state index in [4.69, 9.17) is 0 Å². The molecule has 0 aliphatic carbocycles. The van der Waals surface area contributed by atoms with Crippen molar-refractivity contribution in [1.82, 2.24) is 0 Å². The second-order valence-corrected chi connectivity index (χ2v) is 2.16. The van der Waals surface area contributed by atoms with E-state index in [1.54, 1.807) is 6.34 Å². The molecule has 8 heavy (non-hydrogen) atoms. The maximum atomic E-state index is 4.09. The molecule has 0 radical (unpaired) electrons. The van der Waals surface area contributed by atoms with Gasteiger partial charge in [0, 0.05) is 12.1 Å².